The molecule has 0 aliphatic heterocycles. The molecule has 0 aromatic carbocycles. The van der Waals surface area contributed by atoms with Crippen LogP contribution in [0.5, 0.6) is 0 Å². The van der Waals surface area contributed by atoms with E-state index in [-0.39, 0.29) is 6.15 Å². The number of carbonyl (C=O) groups is 1. The number of quaternary nitrogens is 1. The Balaban J connectivity index is -0.0000000750. The van der Waals surface area contributed by atoms with Crippen LogP contribution in [0.15, 0.2) is 0 Å². The Morgan fingerprint density at radius 3 is 1.38 bits per heavy atom. The molecule has 6 N–H and O–H groups in total. The molecule has 0 spiro atoms. The van der Waals surface area contributed by atoms with Crippen molar-refractivity contribution in [2.24, 2.45) is 5.14 Å². The predicted molar refractivity (Wildman–Crippen MR) is 27.0 cm³/mol. The van der Waals surface area contributed by atoms with Crippen molar-refractivity contribution in [3.63, 3.8) is 0 Å². The standard InChI is InChI=1S/CH2O.H3NO3S.H3N/c1-2;1-5(2,3)4;/h1H2;(H3,1,2,3,4);1H3. The Hall–Kier alpha value is -0.500. The molecule has 0 radical (unpaired) electrons. The summed E-state index contributed by atoms with van der Waals surface area (Å²) in [6.45, 7) is 2.00. The molecule has 0 heterocycles. The molecule has 0 amide bonds. The molecule has 0 aromatic rings. The molecular formula is CH8N2O4S. The van der Waals surface area contributed by atoms with Crippen LogP contribution in [-0.4, -0.2) is 19.8 Å². The van der Waals surface area contributed by atoms with Crippen LogP contribution >= 0.6 is 0 Å². The number of nitrogens with two attached hydrogens (primary N) is 1. The van der Waals surface area contributed by atoms with Gasteiger partial charge < -0.3 is 15.5 Å². The lowest BCUT2D eigenvalue weighted by Crippen LogP contribution is -2.08. The first kappa shape index (κ1) is 15.6. The third-order valence-electron chi connectivity index (χ3n) is 0. The van der Waals surface area contributed by atoms with Crippen LogP contribution in [0, 0.1) is 0 Å². The second-order valence-corrected chi connectivity index (χ2v) is 1.48. The summed E-state index contributed by atoms with van der Waals surface area (Å²) in [7, 11) is -4.42. The quantitative estimate of drug-likeness (QED) is 0.403. The van der Waals surface area contributed by atoms with Gasteiger partial charge in [-0.15, -0.1) is 0 Å². The zero-order chi connectivity index (χ0) is 6.50. The van der Waals surface area contributed by atoms with Crippen LogP contribution in [-0.2, 0) is 15.1 Å². The molecule has 0 bridgehead atoms. The molecule has 0 saturated heterocycles. The molecule has 0 rings (SSSR count). The van der Waals surface area contributed by atoms with E-state index < -0.39 is 10.3 Å². The number of rotatable bonds is 0. The van der Waals surface area contributed by atoms with E-state index in [1.54, 1.807) is 0 Å². The average Bonchev–Trinajstić information content (AvgIpc) is 1.36. The van der Waals surface area contributed by atoms with Gasteiger partial charge >= 0.3 is 0 Å². The van der Waals surface area contributed by atoms with Gasteiger partial charge in [0.1, 0.15) is 6.79 Å². The fourth-order valence-corrected chi connectivity index (χ4v) is 0. The predicted octanol–water partition coefficient (Wildman–Crippen LogP) is -1.40. The van der Waals surface area contributed by atoms with E-state index in [1.807, 2.05) is 6.79 Å². The molecule has 0 aliphatic rings. The van der Waals surface area contributed by atoms with E-state index >= 15 is 0 Å². The van der Waals surface area contributed by atoms with Gasteiger partial charge in [0.2, 0.25) is 0 Å². The van der Waals surface area contributed by atoms with E-state index in [1.165, 1.54) is 0 Å². The van der Waals surface area contributed by atoms with Crippen LogP contribution in [0.4, 0.5) is 0 Å². The van der Waals surface area contributed by atoms with Crippen LogP contribution in [0.1, 0.15) is 0 Å². The molecule has 6 nitrogen and oxygen atoms in total. The smallest absolute Gasteiger partial charge is 0.156 e. The first-order chi connectivity index (χ1) is 3.00. The molecular weight excluding hydrogens is 136 g/mol. The van der Waals surface area contributed by atoms with E-state index in [0.717, 1.165) is 0 Å². The summed E-state index contributed by atoms with van der Waals surface area (Å²) in [5.41, 5.74) is 0. The first-order valence-corrected chi connectivity index (χ1v) is 2.50. The van der Waals surface area contributed by atoms with Gasteiger partial charge in [-0.2, -0.15) is 0 Å². The van der Waals surface area contributed by atoms with Crippen molar-refractivity contribution in [3.8, 4) is 0 Å². The van der Waals surface area contributed by atoms with E-state index in [9.17, 15) is 0 Å². The maximum atomic E-state index is 8.85. The summed E-state index contributed by atoms with van der Waals surface area (Å²) < 4.78 is 26.6. The Kier molecular flexibility index (Phi) is 12.7. The highest BCUT2D eigenvalue weighted by Gasteiger charge is 1.64. The number of carbonyl (C=O) groups excluding carboxylic acids is 1. The molecule has 0 saturated carbocycles. The Labute approximate surface area is 47.1 Å². The van der Waals surface area contributed by atoms with Gasteiger partial charge in [-0.25, -0.2) is 13.6 Å². The molecule has 0 aliphatic carbocycles. The van der Waals surface area contributed by atoms with Crippen molar-refractivity contribution in [2.45, 2.75) is 0 Å². The molecule has 0 fully saturated rings. The minimum atomic E-state index is -4.42. The SMILES string of the molecule is C=O.NS(=O)(=O)[O-].[NH4+]. The third kappa shape index (κ3) is 446. The highest BCUT2D eigenvalue weighted by Crippen LogP contribution is 1.49. The first-order valence-electron chi connectivity index (χ1n) is 1.02. The highest BCUT2D eigenvalue weighted by atomic mass is 32.2. The lowest BCUT2D eigenvalue weighted by Gasteiger charge is -1.90. The summed E-state index contributed by atoms with van der Waals surface area (Å²) in [5, 5.41) is 3.77. The second kappa shape index (κ2) is 6.50. The van der Waals surface area contributed by atoms with Gasteiger partial charge in [-0.3, -0.25) is 0 Å². The number of hydrogen-bond donors (Lipinski definition) is 2. The van der Waals surface area contributed by atoms with Crippen LogP contribution in [0.2, 0.25) is 0 Å². The Morgan fingerprint density at radius 1 is 1.38 bits per heavy atom. The minimum Gasteiger partial charge on any atom is -0.736 e. The van der Waals surface area contributed by atoms with Crippen LogP contribution in [0.25, 0.3) is 0 Å². The summed E-state index contributed by atoms with van der Waals surface area (Å²) in [5.74, 6) is 0. The van der Waals surface area contributed by atoms with Crippen molar-refractivity contribution in [1.29, 1.82) is 0 Å². The Bertz CT molecular complexity index is 108. The summed E-state index contributed by atoms with van der Waals surface area (Å²) >= 11 is 0. The summed E-state index contributed by atoms with van der Waals surface area (Å²) in [6.07, 6.45) is 0. The lowest BCUT2D eigenvalue weighted by molar-refractivity contribution is -0.0979. The minimum absolute atomic E-state index is 0. The second-order valence-electron chi connectivity index (χ2n) is 0.493. The van der Waals surface area contributed by atoms with Crippen molar-refractivity contribution in [3.05, 3.63) is 0 Å². The van der Waals surface area contributed by atoms with Crippen molar-refractivity contribution >= 4 is 17.1 Å². The molecule has 7 heteroatoms. The zero-order valence-corrected chi connectivity index (χ0v) is 5.14. The molecule has 8 heavy (non-hydrogen) atoms. The summed E-state index contributed by atoms with van der Waals surface area (Å²) in [6, 6.07) is 0. The topological polar surface area (TPSA) is 137 Å². The fraction of sp³-hybridized carbons (Fsp3) is 0. The van der Waals surface area contributed by atoms with Gasteiger partial charge in [0.25, 0.3) is 0 Å². The molecule has 0 unspecified atom stereocenters. The van der Waals surface area contributed by atoms with Gasteiger partial charge in [-0.05, 0) is 0 Å². The zero-order valence-electron chi connectivity index (χ0n) is 4.33. The monoisotopic (exact) mass is 144 g/mol. The van der Waals surface area contributed by atoms with Gasteiger partial charge in [0, 0.05) is 0 Å². The maximum Gasteiger partial charge on any atom is 0.156 e. The number of hydrogen-bond acceptors (Lipinski definition) is 4. The van der Waals surface area contributed by atoms with Crippen molar-refractivity contribution in [1.82, 2.24) is 6.15 Å². The third-order valence-corrected chi connectivity index (χ3v) is 0. The summed E-state index contributed by atoms with van der Waals surface area (Å²) in [4.78, 5) is 8.00. The van der Waals surface area contributed by atoms with Crippen LogP contribution < -0.4 is 11.3 Å². The highest BCUT2D eigenvalue weighted by molar-refractivity contribution is 7.83. The van der Waals surface area contributed by atoms with E-state index in [4.69, 9.17) is 17.8 Å². The molecule has 0 aromatic heterocycles. The van der Waals surface area contributed by atoms with E-state index in [0.29, 0.717) is 0 Å². The van der Waals surface area contributed by atoms with Crippen molar-refractivity contribution < 1.29 is 17.8 Å². The molecule has 0 atom stereocenters. The van der Waals surface area contributed by atoms with Gasteiger partial charge in [0.15, 0.2) is 10.3 Å². The molecule has 52 valence electrons. The van der Waals surface area contributed by atoms with Crippen LogP contribution in [0.3, 0.4) is 0 Å². The van der Waals surface area contributed by atoms with Gasteiger partial charge in [0.05, 0.1) is 0 Å². The fourth-order valence-electron chi connectivity index (χ4n) is 0. The van der Waals surface area contributed by atoms with Gasteiger partial charge in [-0.1, -0.05) is 0 Å². The van der Waals surface area contributed by atoms with E-state index in [2.05, 4.69) is 5.14 Å². The normalized spacial score (nSPS) is 7.75. The van der Waals surface area contributed by atoms with Crippen molar-refractivity contribution in [2.75, 3.05) is 0 Å². The average molecular weight is 144 g/mol. The largest absolute Gasteiger partial charge is 0.736 e. The lowest BCUT2D eigenvalue weighted by atomic mass is 11.9. The maximum absolute atomic E-state index is 8.85. The Morgan fingerprint density at radius 2 is 1.38 bits per heavy atom.